The van der Waals surface area contributed by atoms with E-state index in [2.05, 4.69) is 12.2 Å². The van der Waals surface area contributed by atoms with Crippen molar-refractivity contribution >= 4 is 17.5 Å². The summed E-state index contributed by atoms with van der Waals surface area (Å²) >= 11 is 0. The first-order chi connectivity index (χ1) is 10.5. The van der Waals surface area contributed by atoms with Crippen LogP contribution < -0.4 is 15.0 Å². The van der Waals surface area contributed by atoms with Gasteiger partial charge < -0.3 is 15.0 Å². The zero-order valence-corrected chi connectivity index (χ0v) is 13.3. The molecule has 2 amide bonds. The second-order valence-electron chi connectivity index (χ2n) is 6.24. The Kier molecular flexibility index (Phi) is 3.81. The van der Waals surface area contributed by atoms with Crippen molar-refractivity contribution in [2.24, 2.45) is 5.92 Å². The van der Waals surface area contributed by atoms with E-state index in [9.17, 15) is 9.59 Å². The molecule has 1 aromatic rings. The average molecular weight is 302 g/mol. The summed E-state index contributed by atoms with van der Waals surface area (Å²) in [6.07, 6.45) is 1.44. The van der Waals surface area contributed by atoms with Crippen LogP contribution in [0.15, 0.2) is 18.2 Å². The molecular weight excluding hydrogens is 280 g/mol. The van der Waals surface area contributed by atoms with Crippen LogP contribution in [0.5, 0.6) is 5.75 Å². The van der Waals surface area contributed by atoms with Crippen molar-refractivity contribution < 1.29 is 14.3 Å². The molecule has 0 bridgehead atoms. The van der Waals surface area contributed by atoms with E-state index < -0.39 is 0 Å². The number of nitrogens with one attached hydrogen (secondary N) is 1. The molecule has 3 rings (SSSR count). The van der Waals surface area contributed by atoms with E-state index in [0.29, 0.717) is 18.9 Å². The molecule has 118 valence electrons. The van der Waals surface area contributed by atoms with Crippen molar-refractivity contribution in [2.75, 3.05) is 18.6 Å². The van der Waals surface area contributed by atoms with E-state index in [1.165, 1.54) is 6.92 Å². The van der Waals surface area contributed by atoms with Crippen molar-refractivity contribution in [1.29, 1.82) is 0 Å². The summed E-state index contributed by atoms with van der Waals surface area (Å²) in [5, 5.41) is 2.86. The molecule has 3 unspecified atom stereocenters. The van der Waals surface area contributed by atoms with Gasteiger partial charge in [0.1, 0.15) is 5.75 Å². The number of amides is 2. The lowest BCUT2D eigenvalue weighted by Crippen LogP contribution is -2.34. The van der Waals surface area contributed by atoms with Gasteiger partial charge in [0, 0.05) is 37.5 Å². The van der Waals surface area contributed by atoms with E-state index in [0.717, 1.165) is 23.4 Å². The number of fused-ring (bicyclic) bond motifs is 3. The van der Waals surface area contributed by atoms with Crippen molar-refractivity contribution in [3.8, 4) is 5.75 Å². The number of hydrogen-bond donors (Lipinski definition) is 1. The van der Waals surface area contributed by atoms with Gasteiger partial charge in [-0.15, -0.1) is 0 Å². The van der Waals surface area contributed by atoms with Crippen molar-refractivity contribution in [3.63, 3.8) is 0 Å². The molecule has 1 N–H and O–H groups in total. The van der Waals surface area contributed by atoms with Crippen molar-refractivity contribution in [3.05, 3.63) is 23.8 Å². The van der Waals surface area contributed by atoms with Crippen LogP contribution in [0, 0.1) is 5.92 Å². The van der Waals surface area contributed by atoms with Crippen LogP contribution in [0.2, 0.25) is 0 Å². The molecule has 0 aliphatic carbocycles. The predicted octanol–water partition coefficient (Wildman–Crippen LogP) is 2.06. The highest BCUT2D eigenvalue weighted by molar-refractivity contribution is 5.99. The van der Waals surface area contributed by atoms with Gasteiger partial charge in [-0.25, -0.2) is 0 Å². The number of hydrogen-bond acceptors (Lipinski definition) is 3. The molecule has 0 spiro atoms. The maximum atomic E-state index is 12.3. The van der Waals surface area contributed by atoms with E-state index in [1.807, 2.05) is 23.1 Å². The summed E-state index contributed by atoms with van der Waals surface area (Å²) < 4.78 is 5.33. The number of anilines is 1. The molecule has 1 saturated heterocycles. The van der Waals surface area contributed by atoms with E-state index >= 15 is 0 Å². The van der Waals surface area contributed by atoms with Crippen LogP contribution >= 0.6 is 0 Å². The Hall–Kier alpha value is -2.04. The fourth-order valence-electron chi connectivity index (χ4n) is 3.88. The SMILES string of the molecule is COc1ccc2c(c1)C(CCNC(C)=O)C1C(C)CC(=O)N21. The Morgan fingerprint density at radius 2 is 2.23 bits per heavy atom. The first kappa shape index (κ1) is 14.9. The van der Waals surface area contributed by atoms with Crippen molar-refractivity contribution in [2.45, 2.75) is 38.6 Å². The van der Waals surface area contributed by atoms with E-state index in [1.54, 1.807) is 7.11 Å². The van der Waals surface area contributed by atoms with Gasteiger partial charge in [0.2, 0.25) is 11.8 Å². The molecule has 22 heavy (non-hydrogen) atoms. The van der Waals surface area contributed by atoms with Crippen LogP contribution in [0.1, 0.15) is 38.2 Å². The van der Waals surface area contributed by atoms with Gasteiger partial charge in [0.15, 0.2) is 0 Å². The third-order valence-electron chi connectivity index (χ3n) is 4.78. The second kappa shape index (κ2) is 5.63. The van der Waals surface area contributed by atoms with Gasteiger partial charge in [-0.05, 0) is 36.1 Å². The Balaban J connectivity index is 1.93. The maximum absolute atomic E-state index is 12.3. The minimum Gasteiger partial charge on any atom is -0.497 e. The number of carbonyl (C=O) groups is 2. The molecule has 2 aliphatic rings. The highest BCUT2D eigenvalue weighted by Crippen LogP contribution is 2.50. The Morgan fingerprint density at radius 3 is 2.91 bits per heavy atom. The molecular formula is C17H22N2O3. The molecule has 0 radical (unpaired) electrons. The third kappa shape index (κ3) is 2.34. The Labute approximate surface area is 130 Å². The highest BCUT2D eigenvalue weighted by Gasteiger charge is 2.49. The average Bonchev–Trinajstić information content (AvgIpc) is 2.95. The van der Waals surface area contributed by atoms with Crippen LogP contribution in [0.4, 0.5) is 5.69 Å². The zero-order chi connectivity index (χ0) is 15.9. The molecule has 5 nitrogen and oxygen atoms in total. The van der Waals surface area contributed by atoms with Crippen LogP contribution in [0.3, 0.4) is 0 Å². The minimum atomic E-state index is -0.0173. The van der Waals surface area contributed by atoms with Gasteiger partial charge in [0.05, 0.1) is 7.11 Å². The Morgan fingerprint density at radius 1 is 1.45 bits per heavy atom. The lowest BCUT2D eigenvalue weighted by Gasteiger charge is -2.24. The number of methoxy groups -OCH3 is 1. The second-order valence-corrected chi connectivity index (χ2v) is 6.24. The summed E-state index contributed by atoms with van der Waals surface area (Å²) in [7, 11) is 1.65. The molecule has 1 fully saturated rings. The largest absolute Gasteiger partial charge is 0.497 e. The third-order valence-corrected chi connectivity index (χ3v) is 4.78. The topological polar surface area (TPSA) is 58.6 Å². The van der Waals surface area contributed by atoms with Gasteiger partial charge >= 0.3 is 0 Å². The van der Waals surface area contributed by atoms with Gasteiger partial charge in [-0.3, -0.25) is 9.59 Å². The predicted molar refractivity (Wildman–Crippen MR) is 84.1 cm³/mol. The fourth-order valence-corrected chi connectivity index (χ4v) is 3.88. The molecule has 1 aromatic carbocycles. The number of ether oxygens (including phenoxy) is 1. The smallest absolute Gasteiger partial charge is 0.227 e. The molecule has 3 atom stereocenters. The summed E-state index contributed by atoms with van der Waals surface area (Å²) in [6.45, 7) is 4.29. The number of nitrogens with zero attached hydrogens (tertiary/aromatic N) is 1. The molecule has 2 heterocycles. The first-order valence-corrected chi connectivity index (χ1v) is 7.77. The lowest BCUT2D eigenvalue weighted by molar-refractivity contribution is -0.119. The van der Waals surface area contributed by atoms with Crippen LogP contribution in [0.25, 0.3) is 0 Å². The highest BCUT2D eigenvalue weighted by atomic mass is 16.5. The zero-order valence-electron chi connectivity index (χ0n) is 13.3. The van der Waals surface area contributed by atoms with Gasteiger partial charge in [0.25, 0.3) is 0 Å². The van der Waals surface area contributed by atoms with Gasteiger partial charge in [-0.1, -0.05) is 6.92 Å². The molecule has 0 aromatic heterocycles. The van der Waals surface area contributed by atoms with E-state index in [-0.39, 0.29) is 23.8 Å². The van der Waals surface area contributed by atoms with E-state index in [4.69, 9.17) is 4.74 Å². The summed E-state index contributed by atoms with van der Waals surface area (Å²) in [4.78, 5) is 25.4. The first-order valence-electron chi connectivity index (χ1n) is 7.77. The van der Waals surface area contributed by atoms with Crippen LogP contribution in [-0.4, -0.2) is 31.5 Å². The quantitative estimate of drug-likeness (QED) is 0.926. The minimum absolute atomic E-state index is 0.0173. The molecule has 0 saturated carbocycles. The standard InChI is InChI=1S/C17H22N2O3/c1-10-8-16(21)19-15-5-4-12(22-3)9-14(15)13(17(10)19)6-7-18-11(2)20/h4-5,9-10,13,17H,6-8H2,1-3H3,(H,18,20). The molecule has 2 aliphatic heterocycles. The number of rotatable bonds is 4. The molecule has 5 heteroatoms. The van der Waals surface area contributed by atoms with Crippen LogP contribution in [-0.2, 0) is 9.59 Å². The normalized spacial score (nSPS) is 25.9. The number of benzene rings is 1. The monoisotopic (exact) mass is 302 g/mol. The van der Waals surface area contributed by atoms with Crippen molar-refractivity contribution in [1.82, 2.24) is 5.32 Å². The summed E-state index contributed by atoms with van der Waals surface area (Å²) in [5.74, 6) is 1.57. The maximum Gasteiger partial charge on any atom is 0.227 e. The number of carbonyl (C=O) groups excluding carboxylic acids is 2. The summed E-state index contributed by atoms with van der Waals surface area (Å²) in [5.41, 5.74) is 2.17. The van der Waals surface area contributed by atoms with Gasteiger partial charge in [-0.2, -0.15) is 0 Å². The Bertz CT molecular complexity index is 614. The lowest BCUT2D eigenvalue weighted by atomic mass is 9.85. The fraction of sp³-hybridized carbons (Fsp3) is 0.529. The summed E-state index contributed by atoms with van der Waals surface area (Å²) in [6, 6.07) is 6.12.